The fraction of sp³-hybridized carbons (Fsp3) is 0.545. The van der Waals surface area contributed by atoms with Crippen molar-refractivity contribution in [2.45, 2.75) is 32.4 Å². The average Bonchev–Trinajstić information content (AvgIpc) is 2.58. The highest BCUT2D eigenvalue weighted by molar-refractivity contribution is 5.93. The van der Waals surface area contributed by atoms with Gasteiger partial charge in [0.2, 0.25) is 0 Å². The monoisotopic (exact) mass is 255 g/mol. The van der Waals surface area contributed by atoms with Crippen LogP contribution in [0.2, 0.25) is 0 Å². The van der Waals surface area contributed by atoms with Crippen LogP contribution in [-0.4, -0.2) is 32.6 Å². The summed E-state index contributed by atoms with van der Waals surface area (Å²) in [5.74, 6) is -0.526. The molecule has 1 heterocycles. The zero-order valence-electron chi connectivity index (χ0n) is 10.6. The van der Waals surface area contributed by atoms with E-state index < -0.39 is 16.9 Å². The van der Waals surface area contributed by atoms with E-state index in [4.69, 9.17) is 0 Å². The first-order valence-electron chi connectivity index (χ1n) is 5.62. The van der Waals surface area contributed by atoms with Gasteiger partial charge in [0, 0.05) is 12.1 Å². The maximum absolute atomic E-state index is 11.9. The Hall–Kier alpha value is -1.89. The van der Waals surface area contributed by atoms with Gasteiger partial charge >= 0.3 is 5.82 Å². The molecule has 0 aliphatic carbocycles. The Labute approximate surface area is 105 Å². The van der Waals surface area contributed by atoms with Gasteiger partial charge in [-0.05, 0) is 31.3 Å². The van der Waals surface area contributed by atoms with Gasteiger partial charge in [-0.1, -0.05) is 0 Å². The van der Waals surface area contributed by atoms with Crippen LogP contribution >= 0.6 is 0 Å². The summed E-state index contributed by atoms with van der Waals surface area (Å²) in [4.78, 5) is 22.0. The molecule has 0 radical (unpaired) electrons. The Kier molecular flexibility index (Phi) is 4.43. The Balaban J connectivity index is 2.76. The van der Waals surface area contributed by atoms with Crippen LogP contribution in [0.15, 0.2) is 12.1 Å². The molecule has 0 aliphatic rings. The second-order valence-corrected chi connectivity index (χ2v) is 4.35. The topological polar surface area (TPSA) is 97.4 Å². The van der Waals surface area contributed by atoms with Crippen LogP contribution in [0.1, 0.15) is 30.8 Å². The predicted octanol–water partition coefficient (Wildman–Crippen LogP) is 0.822. The van der Waals surface area contributed by atoms with Gasteiger partial charge in [-0.25, -0.2) is 4.57 Å². The number of carbonyl (C=O) groups is 1. The molecule has 1 rings (SSSR count). The largest absolute Gasteiger partial charge is 0.393 e. The number of amides is 1. The van der Waals surface area contributed by atoms with Crippen molar-refractivity contribution in [1.82, 2.24) is 9.88 Å². The lowest BCUT2D eigenvalue weighted by Gasteiger charge is -2.14. The smallest absolute Gasteiger partial charge is 0.323 e. The predicted molar refractivity (Wildman–Crippen MR) is 65.3 cm³/mol. The van der Waals surface area contributed by atoms with E-state index in [-0.39, 0.29) is 17.6 Å². The highest BCUT2D eigenvalue weighted by Crippen LogP contribution is 2.15. The summed E-state index contributed by atoms with van der Waals surface area (Å²) in [5, 5.41) is 22.5. The van der Waals surface area contributed by atoms with Crippen LogP contribution in [0.4, 0.5) is 5.82 Å². The number of nitro groups is 1. The van der Waals surface area contributed by atoms with Crippen molar-refractivity contribution in [3.63, 3.8) is 0 Å². The molecule has 0 saturated carbocycles. The molecule has 1 aromatic heterocycles. The third-order valence-electron chi connectivity index (χ3n) is 2.59. The number of carbonyl (C=O) groups excluding carboxylic acids is 1. The fourth-order valence-corrected chi connectivity index (χ4v) is 1.78. The maximum atomic E-state index is 11.9. The number of aromatic nitrogens is 1. The van der Waals surface area contributed by atoms with E-state index in [1.807, 2.05) is 0 Å². The minimum Gasteiger partial charge on any atom is -0.393 e. The average molecular weight is 255 g/mol. The van der Waals surface area contributed by atoms with Gasteiger partial charge in [0.25, 0.3) is 5.91 Å². The van der Waals surface area contributed by atoms with Crippen LogP contribution in [0, 0.1) is 10.1 Å². The second-order valence-electron chi connectivity index (χ2n) is 4.35. The molecule has 1 aromatic rings. The molecule has 2 unspecified atom stereocenters. The molecule has 100 valence electrons. The molecule has 7 nitrogen and oxygen atoms in total. The number of rotatable bonds is 5. The van der Waals surface area contributed by atoms with Crippen LogP contribution in [-0.2, 0) is 7.05 Å². The third kappa shape index (κ3) is 3.30. The van der Waals surface area contributed by atoms with Gasteiger partial charge in [0.15, 0.2) is 5.69 Å². The molecule has 0 spiro atoms. The Morgan fingerprint density at radius 3 is 2.61 bits per heavy atom. The van der Waals surface area contributed by atoms with Crippen molar-refractivity contribution >= 4 is 11.7 Å². The van der Waals surface area contributed by atoms with Gasteiger partial charge in [-0.2, -0.15) is 0 Å². The zero-order valence-corrected chi connectivity index (χ0v) is 10.6. The van der Waals surface area contributed by atoms with E-state index >= 15 is 0 Å². The first kappa shape index (κ1) is 14.2. The number of hydrogen-bond donors (Lipinski definition) is 2. The molecule has 1 amide bonds. The number of nitrogens with zero attached hydrogens (tertiary/aromatic N) is 2. The molecule has 0 aliphatic heterocycles. The van der Waals surface area contributed by atoms with Crippen LogP contribution in [0.5, 0.6) is 0 Å². The first-order chi connectivity index (χ1) is 8.32. The minimum absolute atomic E-state index is 0.136. The summed E-state index contributed by atoms with van der Waals surface area (Å²) < 4.78 is 1.23. The van der Waals surface area contributed by atoms with Crippen molar-refractivity contribution in [2.24, 2.45) is 7.05 Å². The molecule has 18 heavy (non-hydrogen) atoms. The standard InChI is InChI=1S/C11H17N3O4/c1-7(6-8(2)15)12-11(16)9-4-5-10(13(9)3)14(17)18/h4-5,7-8,15H,6H2,1-3H3,(H,12,16). The van der Waals surface area contributed by atoms with Gasteiger partial charge in [0.05, 0.1) is 13.2 Å². The second kappa shape index (κ2) is 5.63. The van der Waals surface area contributed by atoms with Gasteiger partial charge in [-0.15, -0.1) is 0 Å². The summed E-state index contributed by atoms with van der Waals surface area (Å²) in [7, 11) is 1.46. The van der Waals surface area contributed by atoms with Crippen molar-refractivity contribution in [3.05, 3.63) is 27.9 Å². The normalized spacial score (nSPS) is 14.0. The van der Waals surface area contributed by atoms with E-state index in [1.165, 1.54) is 23.7 Å². The molecule has 7 heteroatoms. The van der Waals surface area contributed by atoms with Crippen molar-refractivity contribution in [2.75, 3.05) is 0 Å². The minimum atomic E-state index is -0.546. The Bertz CT molecular complexity index is 453. The quantitative estimate of drug-likeness (QED) is 0.601. The molecule has 0 saturated heterocycles. The molecule has 0 bridgehead atoms. The van der Waals surface area contributed by atoms with E-state index in [0.29, 0.717) is 6.42 Å². The summed E-state index contributed by atoms with van der Waals surface area (Å²) in [5.41, 5.74) is 0.221. The van der Waals surface area contributed by atoms with E-state index in [2.05, 4.69) is 5.32 Å². The zero-order chi connectivity index (χ0) is 13.9. The van der Waals surface area contributed by atoms with Gasteiger partial charge in [0.1, 0.15) is 0 Å². The van der Waals surface area contributed by atoms with Gasteiger partial charge < -0.3 is 20.5 Å². The lowest BCUT2D eigenvalue weighted by Crippen LogP contribution is -2.35. The third-order valence-corrected chi connectivity index (χ3v) is 2.59. The number of aliphatic hydroxyl groups excluding tert-OH is 1. The number of aliphatic hydroxyl groups is 1. The van der Waals surface area contributed by atoms with E-state index in [0.717, 1.165) is 0 Å². The maximum Gasteiger partial charge on any atom is 0.323 e. The van der Waals surface area contributed by atoms with Crippen LogP contribution in [0.3, 0.4) is 0 Å². The van der Waals surface area contributed by atoms with Gasteiger partial charge in [-0.3, -0.25) is 4.79 Å². The molecular weight excluding hydrogens is 238 g/mol. The lowest BCUT2D eigenvalue weighted by molar-refractivity contribution is -0.391. The molecule has 2 N–H and O–H groups in total. The summed E-state index contributed by atoms with van der Waals surface area (Å²) in [6.45, 7) is 3.40. The van der Waals surface area contributed by atoms with Crippen LogP contribution < -0.4 is 5.32 Å². The van der Waals surface area contributed by atoms with Crippen molar-refractivity contribution < 1.29 is 14.8 Å². The first-order valence-corrected chi connectivity index (χ1v) is 5.62. The molecular formula is C11H17N3O4. The van der Waals surface area contributed by atoms with Crippen LogP contribution in [0.25, 0.3) is 0 Å². The summed E-state index contributed by atoms with van der Waals surface area (Å²) in [6, 6.07) is 2.49. The highest BCUT2D eigenvalue weighted by Gasteiger charge is 2.21. The fourth-order valence-electron chi connectivity index (χ4n) is 1.78. The molecule has 0 fully saturated rings. The van der Waals surface area contributed by atoms with E-state index in [9.17, 15) is 20.0 Å². The summed E-state index contributed by atoms with van der Waals surface area (Å²) >= 11 is 0. The number of hydrogen-bond acceptors (Lipinski definition) is 4. The highest BCUT2D eigenvalue weighted by atomic mass is 16.6. The number of nitrogens with one attached hydrogen (secondary N) is 1. The summed E-state index contributed by atoms with van der Waals surface area (Å²) in [6.07, 6.45) is -0.0822. The molecule has 0 aromatic carbocycles. The van der Waals surface area contributed by atoms with E-state index in [1.54, 1.807) is 13.8 Å². The SMILES string of the molecule is CC(O)CC(C)NC(=O)c1ccc([N+](=O)[O-])n1C. The Morgan fingerprint density at radius 1 is 1.56 bits per heavy atom. The Morgan fingerprint density at radius 2 is 2.17 bits per heavy atom. The van der Waals surface area contributed by atoms with Crippen molar-refractivity contribution in [3.8, 4) is 0 Å². The van der Waals surface area contributed by atoms with Crippen molar-refractivity contribution in [1.29, 1.82) is 0 Å². The molecule has 2 atom stereocenters. The lowest BCUT2D eigenvalue weighted by atomic mass is 10.1.